The van der Waals surface area contributed by atoms with Crippen molar-refractivity contribution in [1.29, 1.82) is 0 Å². The van der Waals surface area contributed by atoms with Gasteiger partial charge in [-0.25, -0.2) is 4.79 Å². The molecule has 0 radical (unpaired) electrons. The molecule has 2 aliphatic rings. The van der Waals surface area contributed by atoms with Crippen molar-refractivity contribution < 1.29 is 19.1 Å². The summed E-state index contributed by atoms with van der Waals surface area (Å²) < 4.78 is 4.83. The number of rotatable bonds is 6. The molecule has 0 bridgehead atoms. The maximum atomic E-state index is 13.1. The Kier molecular flexibility index (Phi) is 7.34. The number of aromatic nitrogens is 1. The van der Waals surface area contributed by atoms with Gasteiger partial charge in [-0.15, -0.1) is 0 Å². The van der Waals surface area contributed by atoms with E-state index in [2.05, 4.69) is 16.4 Å². The molecular weight excluding hydrogens is 382 g/mol. The molecule has 1 aliphatic carbocycles. The van der Waals surface area contributed by atoms with Gasteiger partial charge < -0.3 is 19.9 Å². The van der Waals surface area contributed by atoms with E-state index in [1.807, 2.05) is 0 Å². The van der Waals surface area contributed by atoms with Crippen molar-refractivity contribution in [3.8, 4) is 0 Å². The summed E-state index contributed by atoms with van der Waals surface area (Å²) in [5, 5.41) is 3.06. The molecule has 2 heterocycles. The fourth-order valence-electron chi connectivity index (χ4n) is 4.53. The Morgan fingerprint density at radius 1 is 1.23 bits per heavy atom. The minimum Gasteiger partial charge on any atom is -0.465 e. The van der Waals surface area contributed by atoms with E-state index in [1.54, 1.807) is 18.7 Å². The van der Waals surface area contributed by atoms with Gasteiger partial charge in [0.25, 0.3) is 5.91 Å². The van der Waals surface area contributed by atoms with E-state index >= 15 is 0 Å². The molecule has 7 nitrogen and oxygen atoms in total. The van der Waals surface area contributed by atoms with Crippen LogP contribution in [0.15, 0.2) is 11.6 Å². The Morgan fingerprint density at radius 3 is 2.73 bits per heavy atom. The number of amides is 2. The normalized spacial score (nSPS) is 19.2. The average molecular weight is 416 g/mol. The number of H-pyrrole nitrogens is 1. The van der Waals surface area contributed by atoms with E-state index in [0.717, 1.165) is 32.1 Å². The lowest BCUT2D eigenvalue weighted by Gasteiger charge is -2.32. The van der Waals surface area contributed by atoms with Gasteiger partial charge in [0, 0.05) is 25.3 Å². The van der Waals surface area contributed by atoms with Crippen LogP contribution < -0.4 is 5.32 Å². The van der Waals surface area contributed by atoms with Crippen molar-refractivity contribution in [3.63, 3.8) is 0 Å². The molecule has 30 heavy (non-hydrogen) atoms. The van der Waals surface area contributed by atoms with Crippen LogP contribution in [-0.2, 0) is 9.53 Å². The highest BCUT2D eigenvalue weighted by Gasteiger charge is 2.31. The first-order valence-corrected chi connectivity index (χ1v) is 10.9. The second-order valence-corrected chi connectivity index (χ2v) is 8.36. The molecule has 7 heteroatoms. The minimum absolute atomic E-state index is 0.0264. The number of carbonyl (C=O) groups is 3. The third kappa shape index (κ3) is 4.94. The van der Waals surface area contributed by atoms with Crippen LogP contribution in [-0.4, -0.2) is 54.4 Å². The molecule has 1 aliphatic heterocycles. The number of ether oxygens (including phenoxy) is 1. The molecule has 1 aromatic heterocycles. The molecule has 1 unspecified atom stereocenters. The third-order valence-electron chi connectivity index (χ3n) is 6.25. The molecule has 0 saturated carbocycles. The molecule has 164 valence electrons. The molecule has 0 spiro atoms. The van der Waals surface area contributed by atoms with Gasteiger partial charge in [-0.1, -0.05) is 11.6 Å². The lowest BCUT2D eigenvalue weighted by atomic mass is 9.95. The van der Waals surface area contributed by atoms with Crippen LogP contribution >= 0.6 is 0 Å². The molecular formula is C23H33N3O4. The smallest absolute Gasteiger partial charge is 0.339 e. The van der Waals surface area contributed by atoms with Gasteiger partial charge >= 0.3 is 5.97 Å². The van der Waals surface area contributed by atoms with Gasteiger partial charge in [0.15, 0.2) is 0 Å². The van der Waals surface area contributed by atoms with Gasteiger partial charge in [0.1, 0.15) is 5.69 Å². The number of aromatic amines is 1. The Balaban J connectivity index is 1.59. The van der Waals surface area contributed by atoms with Crippen LogP contribution in [0.25, 0.3) is 0 Å². The van der Waals surface area contributed by atoms with Gasteiger partial charge in [-0.2, -0.15) is 0 Å². The van der Waals surface area contributed by atoms with Crippen LogP contribution in [0.5, 0.6) is 0 Å². The summed E-state index contributed by atoms with van der Waals surface area (Å²) in [6, 6.07) is 0. The van der Waals surface area contributed by atoms with E-state index in [1.165, 1.54) is 25.5 Å². The van der Waals surface area contributed by atoms with E-state index in [4.69, 9.17) is 4.74 Å². The predicted molar refractivity (Wildman–Crippen MR) is 114 cm³/mol. The van der Waals surface area contributed by atoms with E-state index in [9.17, 15) is 14.4 Å². The standard InChI is InChI=1S/C23H33N3O4/c1-15-19(23(29)30-3)16(2)25-20(15)22(28)26-13-7-10-18(14-26)21(27)24-12-11-17-8-5-4-6-9-17/h8,18,25H,4-7,9-14H2,1-3H3,(H,24,27). The number of likely N-dealkylation sites (tertiary alicyclic amines) is 1. The molecule has 1 saturated heterocycles. The summed E-state index contributed by atoms with van der Waals surface area (Å²) in [4.78, 5) is 42.5. The Hall–Kier alpha value is -2.57. The monoisotopic (exact) mass is 415 g/mol. The highest BCUT2D eigenvalue weighted by molar-refractivity contribution is 6.00. The zero-order valence-electron chi connectivity index (χ0n) is 18.3. The topological polar surface area (TPSA) is 91.5 Å². The van der Waals surface area contributed by atoms with Gasteiger partial charge in [0.05, 0.1) is 18.6 Å². The molecule has 1 aromatic rings. The quantitative estimate of drug-likeness (QED) is 0.551. The predicted octanol–water partition coefficient (Wildman–Crippen LogP) is 3.28. The number of allylic oxidation sites excluding steroid dienone is 1. The maximum absolute atomic E-state index is 13.1. The van der Waals surface area contributed by atoms with E-state index < -0.39 is 5.97 Å². The van der Waals surface area contributed by atoms with Crippen molar-refractivity contribution in [3.05, 3.63) is 34.2 Å². The summed E-state index contributed by atoms with van der Waals surface area (Å²) in [5.74, 6) is -0.794. The maximum Gasteiger partial charge on any atom is 0.339 e. The zero-order valence-corrected chi connectivity index (χ0v) is 18.3. The van der Waals surface area contributed by atoms with Gasteiger partial charge in [-0.3, -0.25) is 9.59 Å². The van der Waals surface area contributed by atoms with E-state index in [-0.39, 0.29) is 17.7 Å². The van der Waals surface area contributed by atoms with Gasteiger partial charge in [-0.05, 0) is 64.4 Å². The highest BCUT2D eigenvalue weighted by atomic mass is 16.5. The van der Waals surface area contributed by atoms with Crippen LogP contribution in [0.4, 0.5) is 0 Å². The molecule has 2 amide bonds. The lowest BCUT2D eigenvalue weighted by molar-refractivity contribution is -0.126. The average Bonchev–Trinajstić information content (AvgIpc) is 3.07. The summed E-state index contributed by atoms with van der Waals surface area (Å²) in [6.45, 7) is 5.17. The molecule has 1 fully saturated rings. The van der Waals surface area contributed by atoms with Crippen molar-refractivity contribution >= 4 is 17.8 Å². The molecule has 2 N–H and O–H groups in total. The summed E-state index contributed by atoms with van der Waals surface area (Å²) in [6.07, 6.45) is 9.60. The number of esters is 1. The number of hydrogen-bond donors (Lipinski definition) is 2. The fourth-order valence-corrected chi connectivity index (χ4v) is 4.53. The first-order chi connectivity index (χ1) is 14.4. The van der Waals surface area contributed by atoms with Crippen LogP contribution in [0.2, 0.25) is 0 Å². The van der Waals surface area contributed by atoms with Crippen LogP contribution in [0.1, 0.15) is 77.0 Å². The first-order valence-electron chi connectivity index (χ1n) is 10.9. The number of hydrogen-bond acceptors (Lipinski definition) is 4. The second-order valence-electron chi connectivity index (χ2n) is 8.36. The number of carbonyl (C=O) groups excluding carboxylic acids is 3. The zero-order chi connectivity index (χ0) is 21.7. The number of nitrogens with zero attached hydrogens (tertiary/aromatic N) is 1. The summed E-state index contributed by atoms with van der Waals surface area (Å²) >= 11 is 0. The Labute approximate surface area is 178 Å². The fraction of sp³-hybridized carbons (Fsp3) is 0.609. The Bertz CT molecular complexity index is 840. The van der Waals surface area contributed by atoms with Gasteiger partial charge in [0.2, 0.25) is 5.91 Å². The SMILES string of the molecule is COC(=O)c1c(C)[nH]c(C(=O)N2CCCC(C(=O)NCCC3=CCCCC3)C2)c1C. The van der Waals surface area contributed by atoms with Crippen LogP contribution in [0, 0.1) is 19.8 Å². The summed E-state index contributed by atoms with van der Waals surface area (Å²) in [5.41, 5.74) is 3.46. The van der Waals surface area contributed by atoms with Crippen LogP contribution in [0.3, 0.4) is 0 Å². The highest BCUT2D eigenvalue weighted by Crippen LogP contribution is 2.24. The second kappa shape index (κ2) is 9.96. The number of methoxy groups -OCH3 is 1. The van der Waals surface area contributed by atoms with Crippen molar-refractivity contribution in [1.82, 2.24) is 15.2 Å². The van der Waals surface area contributed by atoms with E-state index in [0.29, 0.717) is 42.1 Å². The van der Waals surface area contributed by atoms with Crippen molar-refractivity contribution in [2.45, 2.75) is 58.8 Å². The lowest BCUT2D eigenvalue weighted by Crippen LogP contribution is -2.45. The summed E-state index contributed by atoms with van der Waals surface area (Å²) in [7, 11) is 1.33. The molecule has 1 atom stereocenters. The number of piperidine rings is 1. The Morgan fingerprint density at radius 2 is 2.03 bits per heavy atom. The van der Waals surface area contributed by atoms with Crippen molar-refractivity contribution in [2.24, 2.45) is 5.92 Å². The molecule has 3 rings (SSSR count). The number of nitrogens with one attached hydrogen (secondary N) is 2. The first kappa shape index (κ1) is 22.1. The largest absolute Gasteiger partial charge is 0.465 e. The van der Waals surface area contributed by atoms with Crippen molar-refractivity contribution in [2.75, 3.05) is 26.7 Å². The molecule has 0 aromatic carbocycles. The third-order valence-corrected chi connectivity index (χ3v) is 6.25. The number of aryl methyl sites for hydroxylation is 1. The minimum atomic E-state index is -0.454.